The summed E-state index contributed by atoms with van der Waals surface area (Å²) < 4.78 is 0. The molecule has 0 amide bonds. The van der Waals surface area contributed by atoms with Crippen molar-refractivity contribution < 1.29 is 0 Å². The van der Waals surface area contributed by atoms with Gasteiger partial charge in [0.05, 0.1) is 5.69 Å². The fourth-order valence-electron chi connectivity index (χ4n) is 2.32. The van der Waals surface area contributed by atoms with E-state index in [0.29, 0.717) is 6.17 Å². The maximum atomic E-state index is 3.31. The monoisotopic (exact) mass is 213 g/mol. The molecular formula is C13H15N3. The van der Waals surface area contributed by atoms with E-state index in [2.05, 4.69) is 59.1 Å². The van der Waals surface area contributed by atoms with Crippen LogP contribution in [0.15, 0.2) is 42.6 Å². The molecule has 0 saturated heterocycles. The maximum absolute atomic E-state index is 3.31. The van der Waals surface area contributed by atoms with Gasteiger partial charge in [0.1, 0.15) is 12.0 Å². The Morgan fingerprint density at radius 2 is 1.88 bits per heavy atom. The zero-order valence-electron chi connectivity index (χ0n) is 9.51. The Balaban J connectivity index is 2.10. The first-order valence-electron chi connectivity index (χ1n) is 5.53. The SMILES string of the molecule is CC1N(C)c2cc[nH]c2N1c1ccccc1. The number of rotatable bonds is 1. The van der Waals surface area contributed by atoms with Crippen molar-refractivity contribution in [1.29, 1.82) is 0 Å². The van der Waals surface area contributed by atoms with Crippen molar-refractivity contribution in [2.24, 2.45) is 0 Å². The first-order valence-corrected chi connectivity index (χ1v) is 5.53. The highest BCUT2D eigenvalue weighted by molar-refractivity contribution is 5.80. The molecule has 1 atom stereocenters. The zero-order chi connectivity index (χ0) is 11.1. The van der Waals surface area contributed by atoms with E-state index in [1.54, 1.807) is 0 Å². The van der Waals surface area contributed by atoms with Crippen molar-refractivity contribution in [3.63, 3.8) is 0 Å². The third kappa shape index (κ3) is 1.14. The average Bonchev–Trinajstić information content (AvgIpc) is 2.86. The first-order chi connectivity index (χ1) is 7.79. The molecule has 82 valence electrons. The minimum absolute atomic E-state index is 0.352. The number of nitrogens with zero attached hydrogens (tertiary/aromatic N) is 2. The summed E-state index contributed by atoms with van der Waals surface area (Å²) in [6.07, 6.45) is 2.34. The topological polar surface area (TPSA) is 22.3 Å². The molecule has 3 heteroatoms. The predicted octanol–water partition coefficient (Wildman–Crippen LogP) is 2.95. The second kappa shape index (κ2) is 3.30. The fraction of sp³-hybridized carbons (Fsp3) is 0.231. The minimum Gasteiger partial charge on any atom is -0.351 e. The Labute approximate surface area is 95.3 Å². The molecule has 1 aromatic carbocycles. The number of aromatic amines is 1. The van der Waals surface area contributed by atoms with Gasteiger partial charge in [-0.15, -0.1) is 0 Å². The molecule has 1 aromatic heterocycles. The molecule has 16 heavy (non-hydrogen) atoms. The highest BCUT2D eigenvalue weighted by Crippen LogP contribution is 2.41. The van der Waals surface area contributed by atoms with Crippen LogP contribution in [-0.4, -0.2) is 18.2 Å². The van der Waals surface area contributed by atoms with Crippen molar-refractivity contribution in [3.8, 4) is 0 Å². The summed E-state index contributed by atoms with van der Waals surface area (Å²) >= 11 is 0. The largest absolute Gasteiger partial charge is 0.351 e. The van der Waals surface area contributed by atoms with Crippen molar-refractivity contribution >= 4 is 17.2 Å². The molecule has 2 heterocycles. The Morgan fingerprint density at radius 3 is 2.62 bits per heavy atom. The van der Waals surface area contributed by atoms with Crippen molar-refractivity contribution in [2.45, 2.75) is 13.1 Å². The van der Waals surface area contributed by atoms with Gasteiger partial charge < -0.3 is 14.8 Å². The molecule has 1 aliphatic heterocycles. The molecule has 1 unspecified atom stereocenters. The number of aromatic nitrogens is 1. The van der Waals surface area contributed by atoms with E-state index < -0.39 is 0 Å². The van der Waals surface area contributed by atoms with Gasteiger partial charge in [0.2, 0.25) is 0 Å². The molecule has 0 saturated carbocycles. The van der Waals surface area contributed by atoms with E-state index in [0.717, 1.165) is 0 Å². The number of para-hydroxylation sites is 1. The number of hydrogen-bond acceptors (Lipinski definition) is 2. The third-order valence-corrected chi connectivity index (χ3v) is 3.29. The molecule has 1 aliphatic rings. The van der Waals surface area contributed by atoms with Crippen molar-refractivity contribution in [3.05, 3.63) is 42.6 Å². The van der Waals surface area contributed by atoms with Gasteiger partial charge in [-0.3, -0.25) is 0 Å². The quantitative estimate of drug-likeness (QED) is 0.786. The number of fused-ring (bicyclic) bond motifs is 1. The zero-order valence-corrected chi connectivity index (χ0v) is 9.51. The van der Waals surface area contributed by atoms with Gasteiger partial charge in [0.25, 0.3) is 0 Å². The summed E-state index contributed by atoms with van der Waals surface area (Å²) in [4.78, 5) is 7.90. The standard InChI is InChI=1S/C13H15N3/c1-10-15(2)12-8-9-14-13(12)16(10)11-6-4-3-5-7-11/h3-10,14H,1-2H3. The van der Waals surface area contributed by atoms with Gasteiger partial charge in [0.15, 0.2) is 0 Å². The molecule has 0 spiro atoms. The van der Waals surface area contributed by atoms with Crippen LogP contribution in [0.25, 0.3) is 0 Å². The van der Waals surface area contributed by atoms with Gasteiger partial charge in [0, 0.05) is 18.9 Å². The summed E-state index contributed by atoms with van der Waals surface area (Å²) in [5, 5.41) is 0. The van der Waals surface area contributed by atoms with Gasteiger partial charge in [-0.25, -0.2) is 0 Å². The van der Waals surface area contributed by atoms with Crippen LogP contribution >= 0.6 is 0 Å². The summed E-state index contributed by atoms with van der Waals surface area (Å²) in [5.41, 5.74) is 2.49. The molecule has 2 aromatic rings. The van der Waals surface area contributed by atoms with E-state index >= 15 is 0 Å². The minimum atomic E-state index is 0.352. The lowest BCUT2D eigenvalue weighted by molar-refractivity contribution is 0.729. The van der Waals surface area contributed by atoms with Crippen molar-refractivity contribution in [2.75, 3.05) is 16.8 Å². The first kappa shape index (κ1) is 9.33. The van der Waals surface area contributed by atoms with Gasteiger partial charge in [-0.05, 0) is 25.1 Å². The van der Waals surface area contributed by atoms with Gasteiger partial charge >= 0.3 is 0 Å². The second-order valence-corrected chi connectivity index (χ2v) is 4.16. The summed E-state index contributed by atoms with van der Waals surface area (Å²) in [5.74, 6) is 1.18. The predicted molar refractivity (Wildman–Crippen MR) is 67.2 cm³/mol. The number of hydrogen-bond donors (Lipinski definition) is 1. The van der Waals surface area contributed by atoms with Crippen LogP contribution in [0.1, 0.15) is 6.92 Å². The summed E-state index contributed by atoms with van der Waals surface area (Å²) in [6, 6.07) is 12.6. The van der Waals surface area contributed by atoms with Crippen LogP contribution in [0, 0.1) is 0 Å². The lowest BCUT2D eigenvalue weighted by Crippen LogP contribution is -2.35. The average molecular weight is 213 g/mol. The highest BCUT2D eigenvalue weighted by atomic mass is 15.4. The summed E-state index contributed by atoms with van der Waals surface area (Å²) in [6.45, 7) is 2.21. The number of anilines is 3. The molecule has 1 N–H and O–H groups in total. The summed E-state index contributed by atoms with van der Waals surface area (Å²) in [7, 11) is 2.13. The Morgan fingerprint density at radius 1 is 1.12 bits per heavy atom. The molecule has 0 fully saturated rings. The maximum Gasteiger partial charge on any atom is 0.136 e. The van der Waals surface area contributed by atoms with Crippen LogP contribution < -0.4 is 9.80 Å². The van der Waals surface area contributed by atoms with E-state index in [9.17, 15) is 0 Å². The second-order valence-electron chi connectivity index (χ2n) is 4.16. The van der Waals surface area contributed by atoms with Crippen LogP contribution in [0.4, 0.5) is 17.2 Å². The molecule has 0 bridgehead atoms. The number of benzene rings is 1. The fourth-order valence-corrected chi connectivity index (χ4v) is 2.32. The van der Waals surface area contributed by atoms with Crippen molar-refractivity contribution in [1.82, 2.24) is 4.98 Å². The number of nitrogens with one attached hydrogen (secondary N) is 1. The Bertz CT molecular complexity index is 489. The molecule has 3 rings (SSSR count). The van der Waals surface area contributed by atoms with E-state index in [-0.39, 0.29) is 0 Å². The lowest BCUT2D eigenvalue weighted by Gasteiger charge is -2.27. The number of H-pyrrole nitrogens is 1. The highest BCUT2D eigenvalue weighted by Gasteiger charge is 2.32. The van der Waals surface area contributed by atoms with Gasteiger partial charge in [-0.2, -0.15) is 0 Å². The molecule has 0 radical (unpaired) electrons. The molecule has 0 aliphatic carbocycles. The van der Waals surface area contributed by atoms with Crippen LogP contribution in [-0.2, 0) is 0 Å². The molecule has 3 nitrogen and oxygen atoms in total. The lowest BCUT2D eigenvalue weighted by atomic mass is 10.3. The Kier molecular flexibility index (Phi) is 1.93. The smallest absolute Gasteiger partial charge is 0.136 e. The van der Waals surface area contributed by atoms with E-state index in [1.807, 2.05) is 12.3 Å². The van der Waals surface area contributed by atoms with E-state index in [4.69, 9.17) is 0 Å². The Hall–Kier alpha value is -1.90. The van der Waals surface area contributed by atoms with Crippen LogP contribution in [0.3, 0.4) is 0 Å². The van der Waals surface area contributed by atoms with Crippen LogP contribution in [0.5, 0.6) is 0 Å². The normalized spacial score (nSPS) is 19.0. The molecular weight excluding hydrogens is 198 g/mol. The van der Waals surface area contributed by atoms with E-state index in [1.165, 1.54) is 17.2 Å². The van der Waals surface area contributed by atoms with Gasteiger partial charge in [-0.1, -0.05) is 18.2 Å². The third-order valence-electron chi connectivity index (χ3n) is 3.29. The van der Waals surface area contributed by atoms with Crippen LogP contribution in [0.2, 0.25) is 0 Å².